The summed E-state index contributed by atoms with van der Waals surface area (Å²) in [6.07, 6.45) is 5.09. The highest BCUT2D eigenvalue weighted by atomic mass is 16.6. The van der Waals surface area contributed by atoms with Crippen LogP contribution in [0.15, 0.2) is 0 Å². The van der Waals surface area contributed by atoms with Crippen molar-refractivity contribution in [2.45, 2.75) is 102 Å². The minimum absolute atomic E-state index is 0.137. The molecule has 4 saturated carbocycles. The van der Waals surface area contributed by atoms with Crippen molar-refractivity contribution >= 4 is 29.8 Å². The van der Waals surface area contributed by atoms with Crippen LogP contribution >= 0.6 is 0 Å². The number of carbonyl (C=O) groups excluding carboxylic acids is 5. The first kappa shape index (κ1) is 27.2. The molecule has 4 amide bonds. The molecule has 0 heterocycles. The summed E-state index contributed by atoms with van der Waals surface area (Å²) in [5.41, 5.74) is -0.610. The van der Waals surface area contributed by atoms with Gasteiger partial charge in [0.1, 0.15) is 5.60 Å². The van der Waals surface area contributed by atoms with Crippen LogP contribution in [-0.4, -0.2) is 66.7 Å². The van der Waals surface area contributed by atoms with E-state index in [4.69, 9.17) is 9.47 Å². The Morgan fingerprint density at radius 3 is 1.22 bits per heavy atom. The van der Waals surface area contributed by atoms with Crippen LogP contribution in [0.4, 0.5) is 4.79 Å². The van der Waals surface area contributed by atoms with Gasteiger partial charge >= 0.3 is 12.1 Å². The van der Waals surface area contributed by atoms with Gasteiger partial charge in [-0.15, -0.1) is 0 Å². The van der Waals surface area contributed by atoms with Crippen LogP contribution in [-0.2, 0) is 28.7 Å². The fourth-order valence-electron chi connectivity index (χ4n) is 5.39. The summed E-state index contributed by atoms with van der Waals surface area (Å²) in [5.74, 6) is -2.02. The third kappa shape index (κ3) is 6.18. The zero-order valence-corrected chi connectivity index (χ0v) is 22.1. The van der Waals surface area contributed by atoms with E-state index in [0.29, 0.717) is 38.5 Å². The highest BCUT2D eigenvalue weighted by molar-refractivity contribution is 5.87. The average molecular weight is 521 g/mol. The maximum Gasteiger partial charge on any atom is 0.407 e. The zero-order chi connectivity index (χ0) is 26.9. The topological polar surface area (TPSA) is 152 Å². The molecule has 0 aromatic rings. The van der Waals surface area contributed by atoms with Gasteiger partial charge in [-0.1, -0.05) is 0 Å². The predicted molar refractivity (Wildman–Crippen MR) is 132 cm³/mol. The molecular weight excluding hydrogens is 480 g/mol. The second kappa shape index (κ2) is 10.9. The Hall–Kier alpha value is -2.85. The summed E-state index contributed by atoms with van der Waals surface area (Å²) in [4.78, 5) is 62.3. The molecule has 0 bridgehead atoms. The quantitative estimate of drug-likeness (QED) is 0.350. The van der Waals surface area contributed by atoms with Gasteiger partial charge < -0.3 is 30.7 Å². The summed E-state index contributed by atoms with van der Waals surface area (Å²) < 4.78 is 10.1. The summed E-state index contributed by atoms with van der Waals surface area (Å²) in [5, 5.41) is 11.7. The van der Waals surface area contributed by atoms with Gasteiger partial charge in [0, 0.05) is 24.2 Å². The number of nitrogens with one attached hydrogen (secondary N) is 4. The number of hydrogen-bond donors (Lipinski definition) is 4. The van der Waals surface area contributed by atoms with Crippen molar-refractivity contribution in [2.24, 2.45) is 23.7 Å². The largest absolute Gasteiger partial charge is 0.469 e. The lowest BCUT2D eigenvalue weighted by molar-refractivity contribution is -0.150. The lowest BCUT2D eigenvalue weighted by Gasteiger charge is -2.43. The Morgan fingerprint density at radius 1 is 0.568 bits per heavy atom. The predicted octanol–water partition coefficient (Wildman–Crippen LogP) is 1.15. The van der Waals surface area contributed by atoms with E-state index in [2.05, 4.69) is 21.3 Å². The van der Waals surface area contributed by atoms with Crippen LogP contribution in [0.25, 0.3) is 0 Å². The van der Waals surface area contributed by atoms with Crippen LogP contribution in [0, 0.1) is 23.7 Å². The second-order valence-electron chi connectivity index (χ2n) is 11.9. The van der Waals surface area contributed by atoms with Crippen molar-refractivity contribution in [2.75, 3.05) is 7.11 Å². The van der Waals surface area contributed by atoms with Gasteiger partial charge in [0.05, 0.1) is 30.8 Å². The lowest BCUT2D eigenvalue weighted by atomic mass is 9.74. The van der Waals surface area contributed by atoms with Gasteiger partial charge in [-0.2, -0.15) is 0 Å². The molecule has 0 aliphatic heterocycles. The zero-order valence-electron chi connectivity index (χ0n) is 22.1. The van der Waals surface area contributed by atoms with Crippen molar-refractivity contribution in [3.63, 3.8) is 0 Å². The number of alkyl carbamates (subject to hydrolysis) is 1. The monoisotopic (exact) mass is 520 g/mol. The Bertz CT molecular complexity index is 932. The Morgan fingerprint density at radius 2 is 0.919 bits per heavy atom. The minimum atomic E-state index is -0.610. The maximum absolute atomic E-state index is 12.9. The standard InChI is InChI=1S/C26H40N4O7/c1-26(2,3)37-25(35)30-19-11-7-15(19)23(33)28-17-9-5-13(17)21(31)27-18-10-6-14(18)22(32)29-20-12-8-16(20)24(34)36-4/h13-20H,5-12H2,1-4H3,(H,27,31)(H,28,33)(H,29,32)(H,30,35)/t13-,14+,15+,16-,17+,18+,19+,20+/m1/s1. The van der Waals surface area contributed by atoms with Crippen molar-refractivity contribution in [1.29, 1.82) is 0 Å². The van der Waals surface area contributed by atoms with Crippen LogP contribution < -0.4 is 21.3 Å². The van der Waals surface area contributed by atoms with Crippen LogP contribution in [0.1, 0.15) is 72.1 Å². The highest BCUT2D eigenvalue weighted by Crippen LogP contribution is 2.35. The molecule has 206 valence electrons. The Kier molecular flexibility index (Phi) is 7.99. The number of methoxy groups -OCH3 is 1. The molecule has 4 rings (SSSR count). The van der Waals surface area contributed by atoms with E-state index in [9.17, 15) is 24.0 Å². The van der Waals surface area contributed by atoms with Gasteiger partial charge in [0.2, 0.25) is 17.7 Å². The van der Waals surface area contributed by atoms with Crippen molar-refractivity contribution < 1.29 is 33.4 Å². The van der Waals surface area contributed by atoms with E-state index in [1.807, 2.05) is 0 Å². The van der Waals surface area contributed by atoms with E-state index in [1.165, 1.54) is 7.11 Å². The Labute approximate surface area is 217 Å². The molecule has 0 aromatic carbocycles. The average Bonchev–Trinajstić information content (AvgIpc) is 2.73. The number of ether oxygens (including phenoxy) is 2. The first-order chi connectivity index (χ1) is 17.5. The number of carbonyl (C=O) groups is 5. The van der Waals surface area contributed by atoms with E-state index in [-0.39, 0.29) is 71.5 Å². The summed E-state index contributed by atoms with van der Waals surface area (Å²) in [6.45, 7) is 5.35. The molecule has 0 unspecified atom stereocenters. The van der Waals surface area contributed by atoms with Crippen LogP contribution in [0.3, 0.4) is 0 Å². The van der Waals surface area contributed by atoms with E-state index >= 15 is 0 Å². The van der Waals surface area contributed by atoms with Gasteiger partial charge in [0.25, 0.3) is 0 Å². The molecule has 11 heteroatoms. The molecule has 4 N–H and O–H groups in total. The third-order valence-electron chi connectivity index (χ3n) is 8.30. The number of hydrogen-bond acceptors (Lipinski definition) is 7. The normalized spacial score (nSPS) is 34.2. The maximum atomic E-state index is 12.9. The highest BCUT2D eigenvalue weighted by Gasteiger charge is 2.46. The minimum Gasteiger partial charge on any atom is -0.469 e. The van der Waals surface area contributed by atoms with Crippen LogP contribution in [0.2, 0.25) is 0 Å². The van der Waals surface area contributed by atoms with Crippen molar-refractivity contribution in [1.82, 2.24) is 21.3 Å². The molecule has 0 aromatic heterocycles. The van der Waals surface area contributed by atoms with E-state index in [0.717, 1.165) is 12.8 Å². The fourth-order valence-corrected chi connectivity index (χ4v) is 5.39. The Balaban J connectivity index is 1.20. The molecule has 11 nitrogen and oxygen atoms in total. The smallest absolute Gasteiger partial charge is 0.407 e. The molecular formula is C26H40N4O7. The number of amides is 4. The molecule has 4 aliphatic carbocycles. The molecule has 37 heavy (non-hydrogen) atoms. The molecule has 0 spiro atoms. The third-order valence-corrected chi connectivity index (χ3v) is 8.30. The summed E-state index contributed by atoms with van der Waals surface area (Å²) in [7, 11) is 1.35. The lowest BCUT2D eigenvalue weighted by Crippen LogP contribution is -2.61. The molecule has 0 radical (unpaired) electrons. The summed E-state index contributed by atoms with van der Waals surface area (Å²) in [6, 6.07) is -0.970. The SMILES string of the molecule is COC(=O)[C@@H]1CC[C@@H]1NC(=O)[C@H]1CC[C@@H]1NC(=O)[C@@H]1CC[C@@H]1NC(=O)[C@H]1CC[C@@H]1NC(=O)OC(C)(C)C. The first-order valence-electron chi connectivity index (χ1n) is 13.4. The molecule has 0 saturated heterocycles. The number of esters is 1. The molecule has 8 atom stereocenters. The molecule has 4 fully saturated rings. The van der Waals surface area contributed by atoms with Gasteiger partial charge in [-0.05, 0) is 72.1 Å². The second-order valence-corrected chi connectivity index (χ2v) is 11.9. The van der Waals surface area contributed by atoms with Crippen LogP contribution in [0.5, 0.6) is 0 Å². The van der Waals surface area contributed by atoms with Gasteiger partial charge in [0.15, 0.2) is 0 Å². The van der Waals surface area contributed by atoms with E-state index < -0.39 is 11.7 Å². The van der Waals surface area contributed by atoms with Gasteiger partial charge in [-0.25, -0.2) is 4.79 Å². The van der Waals surface area contributed by atoms with Crippen molar-refractivity contribution in [3.8, 4) is 0 Å². The molecule has 4 aliphatic rings. The number of rotatable bonds is 8. The first-order valence-corrected chi connectivity index (χ1v) is 13.4. The fraction of sp³-hybridized carbons (Fsp3) is 0.808. The van der Waals surface area contributed by atoms with Crippen molar-refractivity contribution in [3.05, 3.63) is 0 Å². The van der Waals surface area contributed by atoms with E-state index in [1.54, 1.807) is 20.8 Å². The van der Waals surface area contributed by atoms with Gasteiger partial charge in [-0.3, -0.25) is 19.2 Å². The summed E-state index contributed by atoms with van der Waals surface area (Å²) >= 11 is 0.